The predicted molar refractivity (Wildman–Crippen MR) is 322 cm³/mol. The molecule has 0 aliphatic carbocycles. The number of aliphatic hydroxyl groups excluding tert-OH is 2. The number of carbonyl (C=O) groups excluding carboxylic acids is 3. The van der Waals surface area contributed by atoms with Gasteiger partial charge in [0.1, 0.15) is 18.8 Å². The minimum absolute atomic E-state index is 0.0468. The van der Waals surface area contributed by atoms with Crippen LogP contribution in [0.2, 0.25) is 0 Å². The second-order valence-corrected chi connectivity index (χ2v) is 21.7. The van der Waals surface area contributed by atoms with Crippen LogP contribution >= 0.6 is 0 Å². The van der Waals surface area contributed by atoms with Gasteiger partial charge in [0.05, 0.1) is 6.61 Å². The second kappa shape index (κ2) is 54.7. The van der Waals surface area contributed by atoms with Gasteiger partial charge in [-0.3, -0.25) is 14.4 Å². The smallest absolute Gasteiger partial charge is 0.335 e. The largest absolute Gasteiger partial charge is 0.479 e. The molecule has 0 amide bonds. The van der Waals surface area contributed by atoms with Gasteiger partial charge in [-0.25, -0.2) is 4.79 Å². The number of aliphatic carboxylic acids is 1. The summed E-state index contributed by atoms with van der Waals surface area (Å²) >= 11 is 0. The van der Waals surface area contributed by atoms with Crippen molar-refractivity contribution in [3.05, 3.63) is 72.9 Å². The number of rotatable bonds is 54. The van der Waals surface area contributed by atoms with Crippen molar-refractivity contribution < 1.29 is 58.2 Å². The minimum atomic E-state index is -1.91. The molecule has 6 atom stereocenters. The SMILES string of the molecule is CC/C=C\C/C=C\C/C=C\CCCCCCCCCC(=O)OC1C(OCC(COC(=O)CCCCCCCCCCC/C=C\C/C=C\CCCCC)OC(=O)CCCCCCC/C=C\CCCCCC)OC(C(=O)O)C(O)C1O. The van der Waals surface area contributed by atoms with E-state index in [0.717, 1.165) is 135 Å². The molecular formula is C67H114O12. The highest BCUT2D eigenvalue weighted by Crippen LogP contribution is 2.26. The van der Waals surface area contributed by atoms with Crippen LogP contribution in [0.15, 0.2) is 72.9 Å². The first-order chi connectivity index (χ1) is 38.6. The highest BCUT2D eigenvalue weighted by Gasteiger charge is 2.50. The summed E-state index contributed by atoms with van der Waals surface area (Å²) in [4.78, 5) is 51.3. The third-order valence-electron chi connectivity index (χ3n) is 14.2. The van der Waals surface area contributed by atoms with E-state index in [2.05, 4.69) is 93.7 Å². The molecule has 12 heteroatoms. The molecule has 3 N–H and O–H groups in total. The number of ether oxygens (including phenoxy) is 5. The number of allylic oxidation sites excluding steroid dienone is 12. The van der Waals surface area contributed by atoms with E-state index in [0.29, 0.717) is 19.3 Å². The average Bonchev–Trinajstić information content (AvgIpc) is 3.46. The molecule has 0 radical (unpaired) electrons. The summed E-state index contributed by atoms with van der Waals surface area (Å²) in [6.07, 6.45) is 57.1. The van der Waals surface area contributed by atoms with Gasteiger partial charge in [-0.05, 0) is 109 Å². The predicted octanol–water partition coefficient (Wildman–Crippen LogP) is 16.9. The Morgan fingerprint density at radius 2 is 0.797 bits per heavy atom. The number of carboxylic acids is 1. The van der Waals surface area contributed by atoms with Crippen LogP contribution in [0.5, 0.6) is 0 Å². The summed E-state index contributed by atoms with van der Waals surface area (Å²) in [5.41, 5.74) is 0. The second-order valence-electron chi connectivity index (χ2n) is 21.7. The number of carbonyl (C=O) groups is 4. The van der Waals surface area contributed by atoms with E-state index in [-0.39, 0.29) is 25.9 Å². The van der Waals surface area contributed by atoms with Crippen molar-refractivity contribution in [1.29, 1.82) is 0 Å². The summed E-state index contributed by atoms with van der Waals surface area (Å²) in [6, 6.07) is 0. The lowest BCUT2D eigenvalue weighted by Gasteiger charge is -2.40. The third-order valence-corrected chi connectivity index (χ3v) is 14.2. The first-order valence-electron chi connectivity index (χ1n) is 31.9. The van der Waals surface area contributed by atoms with Crippen molar-refractivity contribution in [3.63, 3.8) is 0 Å². The van der Waals surface area contributed by atoms with Gasteiger partial charge in [0.25, 0.3) is 0 Å². The molecule has 0 saturated carbocycles. The fourth-order valence-electron chi connectivity index (χ4n) is 9.35. The Bertz CT molecular complexity index is 1650. The van der Waals surface area contributed by atoms with Gasteiger partial charge in [-0.15, -0.1) is 0 Å². The van der Waals surface area contributed by atoms with Gasteiger partial charge in [0.15, 0.2) is 24.6 Å². The lowest BCUT2D eigenvalue weighted by molar-refractivity contribution is -0.301. The topological polar surface area (TPSA) is 175 Å². The van der Waals surface area contributed by atoms with Crippen LogP contribution in [-0.4, -0.2) is 89.2 Å². The Labute approximate surface area is 480 Å². The lowest BCUT2D eigenvalue weighted by atomic mass is 9.98. The van der Waals surface area contributed by atoms with E-state index in [1.54, 1.807) is 0 Å². The highest BCUT2D eigenvalue weighted by atomic mass is 16.7. The quantitative estimate of drug-likeness (QED) is 0.0228. The molecule has 454 valence electrons. The van der Waals surface area contributed by atoms with Crippen LogP contribution in [0.1, 0.15) is 278 Å². The Hall–Kier alpha value is -3.84. The first-order valence-corrected chi connectivity index (χ1v) is 31.9. The number of carboxylic acid groups (broad SMARTS) is 1. The normalized spacial score (nSPS) is 18.3. The summed E-state index contributed by atoms with van der Waals surface area (Å²) in [5, 5.41) is 31.6. The lowest BCUT2D eigenvalue weighted by Crippen LogP contribution is -2.61. The van der Waals surface area contributed by atoms with Crippen molar-refractivity contribution >= 4 is 23.9 Å². The molecule has 79 heavy (non-hydrogen) atoms. The molecule has 1 fully saturated rings. The Kier molecular flexibility index (Phi) is 50.7. The number of hydrogen-bond donors (Lipinski definition) is 3. The van der Waals surface area contributed by atoms with E-state index in [1.807, 2.05) is 0 Å². The monoisotopic (exact) mass is 1110 g/mol. The number of aliphatic hydroxyl groups is 2. The van der Waals surface area contributed by atoms with E-state index >= 15 is 0 Å². The molecule has 6 unspecified atom stereocenters. The summed E-state index contributed by atoms with van der Waals surface area (Å²) in [7, 11) is 0. The molecule has 0 aromatic rings. The van der Waals surface area contributed by atoms with E-state index in [9.17, 15) is 34.5 Å². The summed E-state index contributed by atoms with van der Waals surface area (Å²) in [5.74, 6) is -3.14. The third kappa shape index (κ3) is 44.5. The van der Waals surface area contributed by atoms with Gasteiger partial charge >= 0.3 is 23.9 Å². The molecule has 0 spiro atoms. The van der Waals surface area contributed by atoms with Gasteiger partial charge < -0.3 is 39.0 Å². The fourth-order valence-corrected chi connectivity index (χ4v) is 9.35. The van der Waals surface area contributed by atoms with Crippen molar-refractivity contribution in [2.24, 2.45) is 0 Å². The zero-order valence-electron chi connectivity index (χ0n) is 50.1. The molecule has 12 nitrogen and oxygen atoms in total. The zero-order chi connectivity index (χ0) is 57.5. The van der Waals surface area contributed by atoms with Gasteiger partial charge in [-0.2, -0.15) is 0 Å². The maximum atomic E-state index is 13.2. The molecule has 1 rings (SSSR count). The van der Waals surface area contributed by atoms with Crippen molar-refractivity contribution in [1.82, 2.24) is 0 Å². The highest BCUT2D eigenvalue weighted by molar-refractivity contribution is 5.74. The molecule has 1 saturated heterocycles. The number of hydrogen-bond acceptors (Lipinski definition) is 11. The van der Waals surface area contributed by atoms with Gasteiger partial charge in [0, 0.05) is 19.3 Å². The molecular weight excluding hydrogens is 997 g/mol. The Morgan fingerprint density at radius 1 is 0.430 bits per heavy atom. The zero-order valence-corrected chi connectivity index (χ0v) is 50.1. The van der Waals surface area contributed by atoms with Crippen LogP contribution in [0, 0.1) is 0 Å². The van der Waals surface area contributed by atoms with Crippen LogP contribution < -0.4 is 0 Å². The molecule has 0 aromatic carbocycles. The van der Waals surface area contributed by atoms with Crippen molar-refractivity contribution in [3.8, 4) is 0 Å². The van der Waals surface area contributed by atoms with E-state index in [1.165, 1.54) is 83.5 Å². The Morgan fingerprint density at radius 3 is 1.25 bits per heavy atom. The number of unbranched alkanes of at least 4 members (excludes halogenated alkanes) is 28. The summed E-state index contributed by atoms with van der Waals surface area (Å²) in [6.45, 7) is 5.85. The van der Waals surface area contributed by atoms with Crippen molar-refractivity contribution in [2.75, 3.05) is 13.2 Å². The number of esters is 3. The van der Waals surface area contributed by atoms with Crippen molar-refractivity contribution in [2.45, 2.75) is 314 Å². The molecule has 1 aliphatic rings. The van der Waals surface area contributed by atoms with E-state index < -0.39 is 67.3 Å². The molecule has 0 aromatic heterocycles. The van der Waals surface area contributed by atoms with Gasteiger partial charge in [0.2, 0.25) is 0 Å². The maximum absolute atomic E-state index is 13.2. The molecule has 1 heterocycles. The van der Waals surface area contributed by atoms with Crippen LogP contribution in [0.25, 0.3) is 0 Å². The van der Waals surface area contributed by atoms with E-state index in [4.69, 9.17) is 23.7 Å². The van der Waals surface area contributed by atoms with Crippen LogP contribution in [0.3, 0.4) is 0 Å². The van der Waals surface area contributed by atoms with Gasteiger partial charge in [-0.1, -0.05) is 222 Å². The molecule has 1 aliphatic heterocycles. The Balaban J connectivity index is 2.65. The average molecular weight is 1110 g/mol. The van der Waals surface area contributed by atoms with Crippen LogP contribution in [0.4, 0.5) is 0 Å². The minimum Gasteiger partial charge on any atom is -0.479 e. The maximum Gasteiger partial charge on any atom is 0.335 e. The first kappa shape index (κ1) is 73.2. The fraction of sp³-hybridized carbons (Fsp3) is 0.761. The molecule has 0 bridgehead atoms. The standard InChI is InChI=1S/C67H114O12/c1-4-7-10-13-16-19-22-25-27-29-30-32-33-36-38-41-44-47-50-53-59(68)75-56-58(77-60(69)54-51-48-45-42-39-35-24-21-18-15-12-9-6-3)57-76-67-65(63(72)62(71)64(79-67)66(73)74)78-61(70)55-52-49-46-43-40-37-34-31-28-26-23-20-17-14-11-8-5-2/h8,11,16-17,19-21,24-28,58,62-65,67,71-72H,4-7,9-10,12-15,18,22-23,29-57H2,1-3H3,(H,73,74)/b11-8-,19-16-,20-17-,24-21-,27-25-,28-26-. The summed E-state index contributed by atoms with van der Waals surface area (Å²) < 4.78 is 28.5. The van der Waals surface area contributed by atoms with Crippen LogP contribution in [-0.2, 0) is 42.9 Å².